The molecule has 2 N–H and O–H groups in total. The molecule has 2 aliphatic heterocycles. The quantitative estimate of drug-likeness (QED) is 0.380. The van der Waals surface area contributed by atoms with Gasteiger partial charge in [-0.15, -0.1) is 0 Å². The number of piperidine rings is 1. The summed E-state index contributed by atoms with van der Waals surface area (Å²) in [6, 6.07) is 14.9. The number of hydrogen-bond acceptors (Lipinski definition) is 4. The van der Waals surface area contributed by atoms with Crippen molar-refractivity contribution in [2.75, 3.05) is 18.5 Å². The van der Waals surface area contributed by atoms with E-state index in [4.69, 9.17) is 27.9 Å². The minimum Gasteiger partial charge on any atom is -0.465 e. The molecular formula is C28H23Cl2F2N3O3. The van der Waals surface area contributed by atoms with Gasteiger partial charge in [0, 0.05) is 28.1 Å². The summed E-state index contributed by atoms with van der Waals surface area (Å²) in [5.74, 6) is -3.05. The first-order valence-corrected chi connectivity index (χ1v) is 12.8. The highest BCUT2D eigenvalue weighted by molar-refractivity contribution is 6.31. The van der Waals surface area contributed by atoms with Crippen LogP contribution in [0.4, 0.5) is 14.5 Å². The molecule has 0 aromatic heterocycles. The molecule has 0 bridgehead atoms. The van der Waals surface area contributed by atoms with Crippen LogP contribution in [0.15, 0.2) is 65.7 Å². The lowest BCUT2D eigenvalue weighted by atomic mass is 9.59. The Morgan fingerprint density at radius 2 is 1.84 bits per heavy atom. The van der Waals surface area contributed by atoms with Crippen molar-refractivity contribution in [2.45, 2.75) is 30.7 Å². The molecule has 0 unspecified atom stereocenters. The highest BCUT2D eigenvalue weighted by Gasteiger charge is 2.60. The van der Waals surface area contributed by atoms with E-state index in [1.54, 1.807) is 43.3 Å². The molecule has 2 aliphatic rings. The van der Waals surface area contributed by atoms with Gasteiger partial charge in [-0.25, -0.2) is 8.78 Å². The summed E-state index contributed by atoms with van der Waals surface area (Å²) in [6.07, 6.45) is 0.232. The van der Waals surface area contributed by atoms with E-state index in [9.17, 15) is 18.4 Å². The minimum atomic E-state index is -1.32. The van der Waals surface area contributed by atoms with E-state index in [1.165, 1.54) is 6.07 Å². The van der Waals surface area contributed by atoms with E-state index < -0.39 is 35.0 Å². The molecule has 1 saturated heterocycles. The molecule has 1 spiro atoms. The number of nitrogens with one attached hydrogen (secondary N) is 2. The average molecular weight is 558 g/mol. The topological polar surface area (TPSA) is 79.8 Å². The molecule has 1 amide bonds. The van der Waals surface area contributed by atoms with Crippen molar-refractivity contribution in [2.24, 2.45) is 4.99 Å². The van der Waals surface area contributed by atoms with Gasteiger partial charge in [-0.2, -0.15) is 0 Å². The second-order valence-electron chi connectivity index (χ2n) is 9.14. The van der Waals surface area contributed by atoms with E-state index in [0.29, 0.717) is 32.7 Å². The Hall–Kier alpha value is -3.49. The van der Waals surface area contributed by atoms with E-state index >= 15 is 0 Å². The molecular weight excluding hydrogens is 535 g/mol. The Labute approximate surface area is 228 Å². The van der Waals surface area contributed by atoms with Crippen molar-refractivity contribution in [1.82, 2.24) is 5.32 Å². The average Bonchev–Trinajstić information content (AvgIpc) is 3.16. The van der Waals surface area contributed by atoms with Crippen molar-refractivity contribution in [3.63, 3.8) is 0 Å². The van der Waals surface area contributed by atoms with Crippen LogP contribution >= 0.6 is 23.2 Å². The van der Waals surface area contributed by atoms with Crippen LogP contribution in [-0.2, 0) is 19.7 Å². The van der Waals surface area contributed by atoms with Crippen LogP contribution in [0.5, 0.6) is 0 Å². The molecule has 6 nitrogen and oxygen atoms in total. The van der Waals surface area contributed by atoms with Crippen molar-refractivity contribution >= 4 is 46.6 Å². The maximum absolute atomic E-state index is 14.5. The summed E-state index contributed by atoms with van der Waals surface area (Å²) >= 11 is 12.6. The van der Waals surface area contributed by atoms with Crippen LogP contribution in [0, 0.1) is 11.6 Å². The lowest BCUT2D eigenvalue weighted by molar-refractivity contribution is -0.141. The zero-order valence-corrected chi connectivity index (χ0v) is 21.7. The summed E-state index contributed by atoms with van der Waals surface area (Å²) in [4.78, 5) is 30.6. The maximum Gasteiger partial charge on any atom is 0.327 e. The number of nitrogens with zero attached hydrogens (tertiary/aromatic N) is 1. The summed E-state index contributed by atoms with van der Waals surface area (Å²) in [5, 5.41) is 7.12. The largest absolute Gasteiger partial charge is 0.465 e. The first-order valence-electron chi connectivity index (χ1n) is 12.0. The number of anilines is 1. The van der Waals surface area contributed by atoms with Gasteiger partial charge >= 0.3 is 5.97 Å². The second-order valence-corrected chi connectivity index (χ2v) is 10.0. The number of carbonyl (C=O) groups excluding carboxylic acids is 2. The number of rotatable bonds is 5. The molecule has 3 aromatic rings. The van der Waals surface area contributed by atoms with E-state index in [-0.39, 0.29) is 25.5 Å². The Balaban J connectivity index is 1.75. The van der Waals surface area contributed by atoms with Crippen molar-refractivity contribution in [1.29, 1.82) is 0 Å². The molecule has 0 aliphatic carbocycles. The monoisotopic (exact) mass is 557 g/mol. The van der Waals surface area contributed by atoms with Gasteiger partial charge < -0.3 is 15.4 Å². The molecule has 1 fully saturated rings. The highest BCUT2D eigenvalue weighted by Crippen LogP contribution is 2.57. The van der Waals surface area contributed by atoms with Crippen LogP contribution in [0.3, 0.4) is 0 Å². The Bertz CT molecular complexity index is 1470. The van der Waals surface area contributed by atoms with Gasteiger partial charge in [0.15, 0.2) is 11.6 Å². The van der Waals surface area contributed by atoms with Crippen LogP contribution < -0.4 is 10.6 Å². The lowest BCUT2D eigenvalue weighted by Gasteiger charge is -2.47. The third-order valence-electron chi connectivity index (χ3n) is 7.00. The fourth-order valence-electron chi connectivity index (χ4n) is 5.48. The van der Waals surface area contributed by atoms with Crippen LogP contribution in [0.25, 0.3) is 0 Å². The van der Waals surface area contributed by atoms with Gasteiger partial charge in [0.1, 0.15) is 12.0 Å². The number of amides is 1. The molecule has 0 radical (unpaired) electrons. The van der Waals surface area contributed by atoms with Gasteiger partial charge in [-0.3, -0.25) is 14.6 Å². The predicted octanol–water partition coefficient (Wildman–Crippen LogP) is 5.94. The third-order valence-corrected chi connectivity index (χ3v) is 7.47. The van der Waals surface area contributed by atoms with E-state index in [2.05, 4.69) is 15.6 Å². The van der Waals surface area contributed by atoms with Gasteiger partial charge in [0.25, 0.3) is 0 Å². The zero-order valence-electron chi connectivity index (χ0n) is 20.2. The number of aliphatic imine (C=N–C) groups is 1. The number of ether oxygens (including phenoxy) is 1. The first kappa shape index (κ1) is 26.1. The van der Waals surface area contributed by atoms with Crippen LogP contribution in [-0.4, -0.2) is 30.9 Å². The number of esters is 1. The fourth-order valence-corrected chi connectivity index (χ4v) is 5.85. The summed E-state index contributed by atoms with van der Waals surface area (Å²) in [6.45, 7) is 1.67. The number of fused-ring (bicyclic) bond motifs is 2. The van der Waals surface area contributed by atoms with Crippen LogP contribution in [0.1, 0.15) is 42.0 Å². The maximum atomic E-state index is 14.5. The third kappa shape index (κ3) is 4.52. The smallest absolute Gasteiger partial charge is 0.327 e. The lowest BCUT2D eigenvalue weighted by Crippen LogP contribution is -2.57. The Morgan fingerprint density at radius 1 is 1.05 bits per heavy atom. The summed E-state index contributed by atoms with van der Waals surface area (Å²) in [5.41, 5.74) is 0.919. The minimum absolute atomic E-state index is 0.211. The SMILES string of the molecule is CCOC(=O)CN=C1C[C@@H](c2cccc(Cl)c2)[C@]2(C(=O)Nc3cc(Cl)ccc32)[C@@H](c2ccc(F)c(F)c2)N1. The van der Waals surface area contributed by atoms with Gasteiger partial charge in [0.2, 0.25) is 5.91 Å². The number of amidine groups is 1. The normalized spacial score (nSPS) is 23.2. The first-order chi connectivity index (χ1) is 18.2. The number of halogens is 4. The molecule has 38 heavy (non-hydrogen) atoms. The molecule has 196 valence electrons. The van der Waals surface area contributed by atoms with Gasteiger partial charge in [-0.1, -0.05) is 47.5 Å². The predicted molar refractivity (Wildman–Crippen MR) is 142 cm³/mol. The number of hydrogen-bond donors (Lipinski definition) is 2. The number of benzene rings is 3. The summed E-state index contributed by atoms with van der Waals surface area (Å²) < 4.78 is 33.5. The molecule has 3 atom stereocenters. The fraction of sp³-hybridized carbons (Fsp3) is 0.250. The number of carbonyl (C=O) groups is 2. The molecule has 0 saturated carbocycles. The van der Waals surface area contributed by atoms with Gasteiger partial charge in [0.05, 0.1) is 18.5 Å². The van der Waals surface area contributed by atoms with Crippen molar-refractivity contribution in [3.05, 3.63) is 99.0 Å². The Morgan fingerprint density at radius 3 is 2.58 bits per heavy atom. The molecule has 3 aromatic carbocycles. The zero-order chi connectivity index (χ0) is 27.0. The Kier molecular flexibility index (Phi) is 7.11. The second kappa shape index (κ2) is 10.3. The highest BCUT2D eigenvalue weighted by atomic mass is 35.5. The summed E-state index contributed by atoms with van der Waals surface area (Å²) in [7, 11) is 0. The van der Waals surface area contributed by atoms with Crippen LogP contribution in [0.2, 0.25) is 10.0 Å². The molecule has 10 heteroatoms. The molecule has 2 heterocycles. The van der Waals surface area contributed by atoms with Gasteiger partial charge in [-0.05, 0) is 60.0 Å². The standard InChI is InChI=1S/C28H23Cl2F2N3O3/c1-2-38-25(36)14-33-24-13-20(15-4-3-5-17(29)10-15)28(19-8-7-18(30)12-23(19)34-27(28)37)26(35-24)16-6-9-21(31)22(32)11-16/h3-12,20,26H,2,13-14H2,1H3,(H,33,35)(H,34,37)/t20-,26+,28-/m0/s1. The molecule has 5 rings (SSSR count). The van der Waals surface area contributed by atoms with E-state index in [1.807, 2.05) is 6.07 Å². The van der Waals surface area contributed by atoms with Crippen molar-refractivity contribution in [3.8, 4) is 0 Å². The van der Waals surface area contributed by atoms with Crippen molar-refractivity contribution < 1.29 is 23.1 Å². The van der Waals surface area contributed by atoms with E-state index in [0.717, 1.165) is 17.7 Å².